The molecule has 0 fully saturated rings. The molecule has 3 amide bonds. The van der Waals surface area contributed by atoms with Crippen LogP contribution in [0.15, 0.2) is 0 Å². The van der Waals surface area contributed by atoms with E-state index in [2.05, 4.69) is 70.7 Å². The van der Waals surface area contributed by atoms with E-state index >= 15 is 0 Å². The van der Waals surface area contributed by atoms with E-state index in [0.29, 0.717) is 26.1 Å². The number of hydrogen-bond donors (Lipinski definition) is 3. The van der Waals surface area contributed by atoms with E-state index in [-0.39, 0.29) is 42.8 Å². The highest BCUT2D eigenvalue weighted by atomic mass is 16.2. The molecule has 0 bridgehead atoms. The minimum absolute atomic E-state index is 0.0265. The summed E-state index contributed by atoms with van der Waals surface area (Å²) in [6.07, 6.45) is 2.76. The van der Waals surface area contributed by atoms with E-state index in [1.165, 1.54) is 0 Å². The number of hydrogen-bond acceptors (Lipinski definition) is 10. The Morgan fingerprint density at radius 2 is 1.04 bits per heavy atom. The molecule has 0 aromatic rings. The van der Waals surface area contributed by atoms with Crippen molar-refractivity contribution in [2.75, 3.05) is 141 Å². The van der Waals surface area contributed by atoms with Crippen molar-refractivity contribution in [2.45, 2.75) is 66.2 Å². The van der Waals surface area contributed by atoms with Crippen molar-refractivity contribution >= 4 is 23.5 Å². The summed E-state index contributed by atoms with van der Waals surface area (Å²) in [5, 5.41) is 9.34. The molecule has 3 N–H and O–H groups in total. The van der Waals surface area contributed by atoms with Gasteiger partial charge < -0.3 is 45.3 Å². The molecule has 300 valence electrons. The Morgan fingerprint density at radius 3 is 1.49 bits per heavy atom. The maximum atomic E-state index is 13.8. The summed E-state index contributed by atoms with van der Waals surface area (Å²) in [6, 6.07) is 0. The first-order valence-electron chi connectivity index (χ1n) is 19.4. The van der Waals surface area contributed by atoms with Crippen LogP contribution in [0.5, 0.6) is 0 Å². The second-order valence-corrected chi connectivity index (χ2v) is 15.4. The molecular formula is C38H79N9O4. The fourth-order valence-corrected chi connectivity index (χ4v) is 5.72. The van der Waals surface area contributed by atoms with Crippen molar-refractivity contribution in [3.05, 3.63) is 0 Å². The molecule has 0 radical (unpaired) electrons. The Bertz CT molecular complexity index is 983. The number of nitrogens with zero attached hydrogens (tertiary/aromatic N) is 6. The van der Waals surface area contributed by atoms with Crippen molar-refractivity contribution in [1.29, 1.82) is 0 Å². The average molecular weight is 726 g/mol. The first kappa shape index (κ1) is 48.8. The van der Waals surface area contributed by atoms with Crippen molar-refractivity contribution in [1.82, 2.24) is 45.3 Å². The zero-order chi connectivity index (χ0) is 39.0. The molecule has 51 heavy (non-hydrogen) atoms. The van der Waals surface area contributed by atoms with E-state index in [4.69, 9.17) is 0 Å². The maximum absolute atomic E-state index is 13.8. The number of rotatable bonds is 31. The van der Waals surface area contributed by atoms with Gasteiger partial charge in [-0.25, -0.2) is 0 Å². The molecule has 2 unspecified atom stereocenters. The van der Waals surface area contributed by atoms with Gasteiger partial charge in [-0.1, -0.05) is 34.1 Å². The number of ketones is 1. The fourth-order valence-electron chi connectivity index (χ4n) is 5.72. The molecule has 0 aliphatic rings. The minimum atomic E-state index is -0.878. The number of amides is 3. The molecule has 13 heteroatoms. The van der Waals surface area contributed by atoms with Crippen molar-refractivity contribution in [3.63, 3.8) is 0 Å². The predicted molar refractivity (Wildman–Crippen MR) is 211 cm³/mol. The predicted octanol–water partition coefficient (Wildman–Crippen LogP) is 1.39. The third-order valence-corrected chi connectivity index (χ3v) is 10.1. The minimum Gasteiger partial charge on any atom is -0.356 e. The Labute approximate surface area is 312 Å². The molecule has 0 rings (SSSR count). The Kier molecular flexibility index (Phi) is 26.3. The standard InChI is InChI=1S/C38H79N9O4/c1-13-15-16-41-36(50)33(30-35(49)46(11)27-25-44(9)23-21-42(7)19-17-39-5)31-38(3,4)34(48)29-32(14-2)37(51)47(12)28-26-45(10)24-22-43(8)20-18-40-6/h32-33,39-40H,13-31H2,1-12H3,(H,41,50). The van der Waals surface area contributed by atoms with Crippen LogP contribution in [0.2, 0.25) is 0 Å². The normalized spacial score (nSPS) is 13.3. The molecule has 0 saturated carbocycles. The Balaban J connectivity index is 5.33. The van der Waals surface area contributed by atoms with Crippen LogP contribution in [0, 0.1) is 17.3 Å². The van der Waals surface area contributed by atoms with Gasteiger partial charge in [0.15, 0.2) is 0 Å². The number of likely N-dealkylation sites (N-methyl/N-ethyl adjacent to an activating group) is 8. The highest BCUT2D eigenvalue weighted by molar-refractivity contribution is 5.91. The van der Waals surface area contributed by atoms with E-state index in [0.717, 1.165) is 78.3 Å². The molecule has 2 atom stereocenters. The SMILES string of the molecule is CCCCNC(=O)C(CC(=O)N(C)CCN(C)CCN(C)CCNC)CC(C)(C)C(=O)CC(CC)C(=O)N(C)CCN(C)CCN(C)CCNC. The highest BCUT2D eigenvalue weighted by Crippen LogP contribution is 2.32. The third kappa shape index (κ3) is 21.8. The van der Waals surface area contributed by atoms with Gasteiger partial charge in [0, 0.05) is 129 Å². The van der Waals surface area contributed by atoms with Crippen LogP contribution in [-0.2, 0) is 19.2 Å². The summed E-state index contributed by atoms with van der Waals surface area (Å²) >= 11 is 0. The van der Waals surface area contributed by atoms with Gasteiger partial charge in [0.1, 0.15) is 5.78 Å². The molecule has 0 aliphatic carbocycles. The lowest BCUT2D eigenvalue weighted by atomic mass is 9.75. The summed E-state index contributed by atoms with van der Waals surface area (Å²) < 4.78 is 0. The molecule has 0 saturated heterocycles. The molecular weight excluding hydrogens is 646 g/mol. The summed E-state index contributed by atoms with van der Waals surface area (Å²) in [7, 11) is 15.8. The summed E-state index contributed by atoms with van der Waals surface area (Å²) in [5.41, 5.74) is -0.878. The fraction of sp³-hybridized carbons (Fsp3) is 0.895. The summed E-state index contributed by atoms with van der Waals surface area (Å²) in [5.74, 6) is -1.43. The van der Waals surface area contributed by atoms with E-state index < -0.39 is 17.3 Å². The van der Waals surface area contributed by atoms with Crippen LogP contribution in [0.1, 0.15) is 66.2 Å². The molecule has 0 spiro atoms. The van der Waals surface area contributed by atoms with Crippen molar-refractivity contribution < 1.29 is 19.2 Å². The molecule has 0 aromatic heterocycles. The zero-order valence-electron chi connectivity index (χ0n) is 34.9. The van der Waals surface area contributed by atoms with Crippen LogP contribution >= 0.6 is 0 Å². The molecule has 0 aromatic carbocycles. The van der Waals surface area contributed by atoms with Gasteiger partial charge in [-0.05, 0) is 61.5 Å². The van der Waals surface area contributed by atoms with E-state index in [1.54, 1.807) is 16.8 Å². The third-order valence-electron chi connectivity index (χ3n) is 10.1. The largest absolute Gasteiger partial charge is 0.356 e. The molecule has 0 aliphatic heterocycles. The number of carbonyl (C=O) groups excluding carboxylic acids is 4. The van der Waals surface area contributed by atoms with Gasteiger partial charge in [-0.3, -0.25) is 19.2 Å². The van der Waals surface area contributed by atoms with Gasteiger partial charge in [-0.15, -0.1) is 0 Å². The monoisotopic (exact) mass is 726 g/mol. The summed E-state index contributed by atoms with van der Waals surface area (Å²) in [6.45, 7) is 18.4. The number of unbranched alkanes of at least 4 members (excludes halogenated alkanes) is 1. The van der Waals surface area contributed by atoms with Crippen molar-refractivity contribution in [2.24, 2.45) is 17.3 Å². The topological polar surface area (TPSA) is 124 Å². The average Bonchev–Trinajstić information content (AvgIpc) is 3.10. The first-order valence-corrected chi connectivity index (χ1v) is 19.4. The van der Waals surface area contributed by atoms with Gasteiger partial charge in [0.2, 0.25) is 17.7 Å². The second-order valence-electron chi connectivity index (χ2n) is 15.4. The van der Waals surface area contributed by atoms with Crippen LogP contribution < -0.4 is 16.0 Å². The number of Topliss-reactive ketones (excluding diaryl/α,β-unsaturated/α-hetero) is 1. The lowest BCUT2D eigenvalue weighted by molar-refractivity contribution is -0.141. The zero-order valence-corrected chi connectivity index (χ0v) is 34.9. The highest BCUT2D eigenvalue weighted by Gasteiger charge is 2.37. The quantitative estimate of drug-likeness (QED) is 0.0905. The number of carbonyl (C=O) groups is 4. The van der Waals surface area contributed by atoms with Crippen LogP contribution in [0.4, 0.5) is 0 Å². The van der Waals surface area contributed by atoms with E-state index in [9.17, 15) is 19.2 Å². The van der Waals surface area contributed by atoms with Crippen LogP contribution in [-0.4, -0.2) is 194 Å². The number of nitrogens with one attached hydrogen (secondary N) is 3. The van der Waals surface area contributed by atoms with Crippen LogP contribution in [0.3, 0.4) is 0 Å². The molecule has 13 nitrogen and oxygen atoms in total. The van der Waals surface area contributed by atoms with Crippen LogP contribution in [0.25, 0.3) is 0 Å². The Morgan fingerprint density at radius 1 is 0.588 bits per heavy atom. The Hall–Kier alpha value is -2.16. The van der Waals surface area contributed by atoms with Gasteiger partial charge in [0.25, 0.3) is 0 Å². The van der Waals surface area contributed by atoms with Crippen molar-refractivity contribution in [3.8, 4) is 0 Å². The van der Waals surface area contributed by atoms with E-state index in [1.807, 2.05) is 41.9 Å². The maximum Gasteiger partial charge on any atom is 0.225 e. The molecule has 0 heterocycles. The van der Waals surface area contributed by atoms with Gasteiger partial charge in [0.05, 0.1) is 0 Å². The second kappa shape index (κ2) is 27.4. The first-order chi connectivity index (χ1) is 24.0. The van der Waals surface area contributed by atoms with Gasteiger partial charge >= 0.3 is 0 Å². The lowest BCUT2D eigenvalue weighted by Crippen LogP contribution is -2.43. The smallest absolute Gasteiger partial charge is 0.225 e. The summed E-state index contributed by atoms with van der Waals surface area (Å²) in [4.78, 5) is 66.6. The van der Waals surface area contributed by atoms with Gasteiger partial charge in [-0.2, -0.15) is 0 Å². The lowest BCUT2D eigenvalue weighted by Gasteiger charge is -2.31.